The second kappa shape index (κ2) is 18.0. The highest BCUT2D eigenvalue weighted by atomic mass is 19.1. The van der Waals surface area contributed by atoms with Crippen LogP contribution in [0.5, 0.6) is 6.01 Å². The number of imide groups is 2. The first kappa shape index (κ1) is 45.9. The lowest BCUT2D eigenvalue weighted by atomic mass is 9.94. The summed E-state index contributed by atoms with van der Waals surface area (Å²) < 4.78 is 44.7. The third kappa shape index (κ3) is 8.04. The molecule has 0 spiro atoms. The number of pyridine rings is 1. The predicted octanol–water partition coefficient (Wildman–Crippen LogP) is 5.17. The number of anilines is 2. The first-order valence-electron chi connectivity index (χ1n) is 23.9. The van der Waals surface area contributed by atoms with Gasteiger partial charge in [-0.3, -0.25) is 39.3 Å². The van der Waals surface area contributed by atoms with E-state index in [2.05, 4.69) is 43.2 Å². The van der Waals surface area contributed by atoms with Crippen molar-refractivity contribution in [3.63, 3.8) is 0 Å². The Morgan fingerprint density at radius 2 is 1.80 bits per heavy atom. The minimum atomic E-state index is -1.09. The zero-order valence-corrected chi connectivity index (χ0v) is 38.9. The highest BCUT2D eigenvalue weighted by molar-refractivity contribution is 6.25. The van der Waals surface area contributed by atoms with Crippen molar-refractivity contribution in [2.24, 2.45) is 0 Å². The molecule has 364 valence electrons. The number of aromatic nitrogens is 3. The van der Waals surface area contributed by atoms with Crippen LogP contribution in [0.1, 0.15) is 71.2 Å². The molecule has 17 nitrogen and oxygen atoms in total. The highest BCUT2D eigenvalue weighted by Gasteiger charge is 2.52. The summed E-state index contributed by atoms with van der Waals surface area (Å²) in [6.45, 7) is 6.87. The van der Waals surface area contributed by atoms with Crippen LogP contribution < -0.4 is 25.6 Å². The van der Waals surface area contributed by atoms with E-state index in [1.165, 1.54) is 17.0 Å². The van der Waals surface area contributed by atoms with Gasteiger partial charge in [0, 0.05) is 87.2 Å². The van der Waals surface area contributed by atoms with E-state index in [1.54, 1.807) is 49.6 Å². The molecule has 2 aromatic heterocycles. The number of carbonyl (C=O) groups is 5. The first-order chi connectivity index (χ1) is 34.3. The Balaban J connectivity index is 0.774. The molecule has 5 atom stereocenters. The summed E-state index contributed by atoms with van der Waals surface area (Å²) >= 11 is 0. The second-order valence-corrected chi connectivity index (χ2v) is 19.4. The van der Waals surface area contributed by atoms with Crippen LogP contribution >= 0.6 is 0 Å². The van der Waals surface area contributed by atoms with Gasteiger partial charge in [-0.1, -0.05) is 48.4 Å². The Labute approximate surface area is 406 Å². The summed E-state index contributed by atoms with van der Waals surface area (Å²) in [5.74, 6) is -0.727. The maximum atomic E-state index is 17.2. The van der Waals surface area contributed by atoms with Gasteiger partial charge >= 0.3 is 12.1 Å². The summed E-state index contributed by atoms with van der Waals surface area (Å²) in [5.41, 5.74) is 1.48. The molecule has 11 rings (SSSR count). The van der Waals surface area contributed by atoms with Crippen LogP contribution in [0.2, 0.25) is 0 Å². The van der Waals surface area contributed by atoms with Gasteiger partial charge in [-0.25, -0.2) is 13.6 Å². The number of hydrogen-bond acceptors (Lipinski definition) is 14. The Hall–Kier alpha value is -7.56. The average Bonchev–Trinajstić information content (AvgIpc) is 4.07. The van der Waals surface area contributed by atoms with Crippen LogP contribution in [0.3, 0.4) is 0 Å². The highest BCUT2D eigenvalue weighted by Crippen LogP contribution is 2.45. The number of amides is 5. The summed E-state index contributed by atoms with van der Waals surface area (Å²) in [5, 5.41) is 10.4. The number of terminal acetylenes is 1. The molecular formula is C52H50F2N10O7. The van der Waals surface area contributed by atoms with Crippen LogP contribution in [-0.2, 0) is 14.3 Å². The van der Waals surface area contributed by atoms with E-state index in [0.29, 0.717) is 72.1 Å². The molecule has 8 heterocycles. The number of piperidine rings is 1. The Morgan fingerprint density at radius 3 is 2.59 bits per heavy atom. The van der Waals surface area contributed by atoms with E-state index in [-0.39, 0.29) is 91.2 Å². The second-order valence-electron chi connectivity index (χ2n) is 19.4. The third-order valence-electron chi connectivity index (χ3n) is 14.9. The standard InChI is InChI=1S/C52H50F2N10O7/c1-4-33-37(53)14-11-29-7-5-8-34(41(29)33)44-43(54)45-36(22-56-44)46(62-24-30-12-13-31(25-62)57-30)60-50(59-45)71-27-52-18-17-32(63(52)23-28(2)21-52)26-70-51(69)61(3)20-19-55-38-10-6-9-35-42(38)49(68)64(48(35)67)39-15-16-40(65)58-47(39)66/h1,5-11,14,22,30-32,39,55,57H,2,12-13,15-21,23-27H2,3H3,(H,58,65,66)/t30?,31?,32-,39?,52-/m0/s1. The van der Waals surface area contributed by atoms with E-state index in [1.807, 2.05) is 0 Å². The number of fused-ring (bicyclic) bond motifs is 6. The lowest BCUT2D eigenvalue weighted by Gasteiger charge is -2.35. The van der Waals surface area contributed by atoms with Crippen LogP contribution in [0.4, 0.5) is 25.1 Å². The minimum Gasteiger partial charge on any atom is -0.461 e. The van der Waals surface area contributed by atoms with Gasteiger partial charge in [-0.2, -0.15) is 9.97 Å². The first-order valence-corrected chi connectivity index (χ1v) is 23.9. The van der Waals surface area contributed by atoms with Crippen LogP contribution in [0.25, 0.3) is 32.9 Å². The number of hydrogen-bond donors (Lipinski definition) is 3. The lowest BCUT2D eigenvalue weighted by molar-refractivity contribution is -0.136. The average molecular weight is 965 g/mol. The summed E-state index contributed by atoms with van der Waals surface area (Å²) in [6.07, 6.45) is 10.9. The molecule has 0 radical (unpaired) electrons. The van der Waals surface area contributed by atoms with Gasteiger partial charge in [0.05, 0.1) is 27.6 Å². The van der Waals surface area contributed by atoms with Crippen molar-refractivity contribution in [3.8, 4) is 29.6 Å². The molecule has 5 fully saturated rings. The predicted molar refractivity (Wildman–Crippen MR) is 258 cm³/mol. The zero-order chi connectivity index (χ0) is 49.3. The Kier molecular flexibility index (Phi) is 11.6. The molecule has 3 unspecified atom stereocenters. The number of nitrogens with zero attached hydrogens (tertiary/aromatic N) is 7. The summed E-state index contributed by atoms with van der Waals surface area (Å²) in [4.78, 5) is 85.5. The van der Waals surface area contributed by atoms with E-state index in [4.69, 9.17) is 25.9 Å². The van der Waals surface area contributed by atoms with Gasteiger partial charge in [0.25, 0.3) is 11.8 Å². The molecule has 5 amide bonds. The third-order valence-corrected chi connectivity index (χ3v) is 14.9. The molecule has 2 bridgehead atoms. The van der Waals surface area contributed by atoms with E-state index in [9.17, 15) is 24.0 Å². The van der Waals surface area contributed by atoms with Gasteiger partial charge in [0.2, 0.25) is 11.8 Å². The van der Waals surface area contributed by atoms with Crippen LogP contribution in [0, 0.1) is 24.0 Å². The van der Waals surface area contributed by atoms with Crippen molar-refractivity contribution < 1.29 is 42.2 Å². The van der Waals surface area contributed by atoms with Crippen molar-refractivity contribution in [2.45, 2.75) is 74.7 Å². The molecule has 71 heavy (non-hydrogen) atoms. The van der Waals surface area contributed by atoms with Crippen molar-refractivity contribution in [1.29, 1.82) is 0 Å². The molecule has 0 aliphatic carbocycles. The van der Waals surface area contributed by atoms with Crippen molar-refractivity contribution in [3.05, 3.63) is 95.2 Å². The minimum absolute atomic E-state index is 0.00252. The zero-order valence-electron chi connectivity index (χ0n) is 38.9. The molecular weight excluding hydrogens is 915 g/mol. The van der Waals surface area contributed by atoms with E-state index < -0.39 is 52.9 Å². The number of likely N-dealkylation sites (N-methyl/N-ethyl adjacent to an activating group) is 1. The normalized spacial score (nSPS) is 23.8. The van der Waals surface area contributed by atoms with Crippen molar-refractivity contribution in [2.75, 3.05) is 63.2 Å². The molecule has 5 saturated heterocycles. The van der Waals surface area contributed by atoms with Gasteiger partial charge < -0.3 is 29.9 Å². The van der Waals surface area contributed by atoms with E-state index >= 15 is 8.78 Å². The smallest absolute Gasteiger partial charge is 0.409 e. The summed E-state index contributed by atoms with van der Waals surface area (Å²) in [7, 11) is 1.60. The number of benzene rings is 3. The number of carbonyl (C=O) groups excluding carboxylic acids is 5. The van der Waals surface area contributed by atoms with Gasteiger partial charge in [0.1, 0.15) is 42.1 Å². The van der Waals surface area contributed by atoms with Gasteiger partial charge in [-0.15, -0.1) is 6.42 Å². The fourth-order valence-corrected chi connectivity index (χ4v) is 11.5. The lowest BCUT2D eigenvalue weighted by Crippen LogP contribution is -2.54. The SMILES string of the molecule is C#Cc1c(F)ccc2cccc(-c3ncc4c(N5CC6CCC(C5)N6)nc(OC[C@@]56CC[C@@H](COC(=O)N(C)CCNc7cccc8c7C(=O)N(C7CCC(=O)NC7=O)C8=O)N5CC(=C)C6)nc4c3F)c12. The maximum absolute atomic E-state index is 17.2. The molecule has 5 aromatic rings. The van der Waals surface area contributed by atoms with Crippen LogP contribution in [-0.4, -0.2) is 142 Å². The number of rotatable bonds is 12. The number of ether oxygens (including phenoxy) is 2. The van der Waals surface area contributed by atoms with Gasteiger partial charge in [0.15, 0.2) is 5.82 Å². The number of nitrogens with one attached hydrogen (secondary N) is 3. The monoisotopic (exact) mass is 964 g/mol. The molecule has 3 aromatic carbocycles. The van der Waals surface area contributed by atoms with Crippen molar-refractivity contribution >= 4 is 62.9 Å². The van der Waals surface area contributed by atoms with Gasteiger partial charge in [-0.05, 0) is 62.1 Å². The summed E-state index contributed by atoms with van der Waals surface area (Å²) in [6, 6.07) is 12.2. The Bertz CT molecular complexity index is 3150. The molecule has 3 N–H and O–H groups in total. The number of halogens is 2. The largest absolute Gasteiger partial charge is 0.461 e. The fraction of sp³-hybridized carbons (Fsp3) is 0.385. The fourth-order valence-electron chi connectivity index (χ4n) is 11.5. The quantitative estimate of drug-likeness (QED) is 0.0844. The molecule has 19 heteroatoms. The topological polar surface area (TPSA) is 192 Å². The Morgan fingerprint density at radius 1 is 1.01 bits per heavy atom. The molecule has 6 aliphatic rings. The van der Waals surface area contributed by atoms with E-state index in [0.717, 1.165) is 23.3 Å². The molecule has 6 aliphatic heterocycles. The maximum Gasteiger partial charge on any atom is 0.409 e. The number of piperazine rings is 1. The van der Waals surface area contributed by atoms with Crippen LogP contribution in [0.15, 0.2) is 66.9 Å². The molecule has 0 saturated carbocycles. The van der Waals surface area contributed by atoms with Crippen molar-refractivity contribution in [1.82, 2.24) is 40.3 Å².